The molecule has 104 valence electrons. The van der Waals surface area contributed by atoms with Crippen LogP contribution >= 0.6 is 0 Å². The summed E-state index contributed by atoms with van der Waals surface area (Å²) in [4.78, 5) is 13.6. The number of nitrogen functional groups attached to an aromatic ring is 1. The van der Waals surface area contributed by atoms with Crippen LogP contribution in [0.1, 0.15) is 10.4 Å². The maximum Gasteiger partial charge on any atom is 0.251 e. The number of hydrogen-bond acceptors (Lipinski definition) is 5. The molecule has 1 aliphatic rings. The predicted molar refractivity (Wildman–Crippen MR) is 73.3 cm³/mol. The van der Waals surface area contributed by atoms with E-state index < -0.39 is 0 Å². The van der Waals surface area contributed by atoms with Gasteiger partial charge in [-0.1, -0.05) is 0 Å². The number of nitrogens with one attached hydrogen (secondary N) is 1. The number of ether oxygens (including phenoxy) is 1. The summed E-state index contributed by atoms with van der Waals surface area (Å²) in [5.74, 6) is -0.168. The molecule has 1 aromatic carbocycles. The van der Waals surface area contributed by atoms with Crippen LogP contribution in [0.15, 0.2) is 18.2 Å². The lowest BCUT2D eigenvalue weighted by Crippen LogP contribution is -2.47. The van der Waals surface area contributed by atoms with Gasteiger partial charge in [0.15, 0.2) is 0 Å². The van der Waals surface area contributed by atoms with Crippen molar-refractivity contribution < 1.29 is 14.6 Å². The minimum atomic E-state index is -0.168. The first kappa shape index (κ1) is 13.6. The first-order chi connectivity index (χ1) is 9.17. The molecule has 1 heterocycles. The fourth-order valence-corrected chi connectivity index (χ4v) is 2.22. The van der Waals surface area contributed by atoms with E-state index in [9.17, 15) is 9.90 Å². The molecular formula is C13H19N3O3. The summed E-state index contributed by atoms with van der Waals surface area (Å²) in [7, 11) is 1.58. The first-order valence-electron chi connectivity index (χ1n) is 6.24. The molecule has 6 heteroatoms. The van der Waals surface area contributed by atoms with Crippen LogP contribution in [0.3, 0.4) is 0 Å². The Hall–Kier alpha value is -1.79. The van der Waals surface area contributed by atoms with Crippen molar-refractivity contribution in [2.45, 2.75) is 6.04 Å². The van der Waals surface area contributed by atoms with Gasteiger partial charge in [0.2, 0.25) is 0 Å². The van der Waals surface area contributed by atoms with Crippen molar-refractivity contribution in [3.05, 3.63) is 23.8 Å². The van der Waals surface area contributed by atoms with Gasteiger partial charge in [0.1, 0.15) is 0 Å². The summed E-state index contributed by atoms with van der Waals surface area (Å²) < 4.78 is 5.34. The molecule has 2 rings (SSSR count). The number of morpholine rings is 1. The molecule has 1 fully saturated rings. The average molecular weight is 265 g/mol. The molecule has 0 bridgehead atoms. The molecule has 1 aliphatic heterocycles. The number of aliphatic hydroxyl groups excluding tert-OH is 1. The van der Waals surface area contributed by atoms with Crippen LogP contribution in [0, 0.1) is 0 Å². The largest absolute Gasteiger partial charge is 0.397 e. The molecule has 1 aromatic rings. The van der Waals surface area contributed by atoms with E-state index in [1.807, 2.05) is 11.0 Å². The van der Waals surface area contributed by atoms with Crippen molar-refractivity contribution >= 4 is 17.3 Å². The number of benzene rings is 1. The van der Waals surface area contributed by atoms with Gasteiger partial charge >= 0.3 is 0 Å². The fraction of sp³-hybridized carbons (Fsp3) is 0.462. The van der Waals surface area contributed by atoms with Crippen molar-refractivity contribution in [1.29, 1.82) is 0 Å². The molecule has 1 atom stereocenters. The Morgan fingerprint density at radius 3 is 3.05 bits per heavy atom. The van der Waals surface area contributed by atoms with Crippen LogP contribution in [0.25, 0.3) is 0 Å². The van der Waals surface area contributed by atoms with Gasteiger partial charge in [0, 0.05) is 19.2 Å². The summed E-state index contributed by atoms with van der Waals surface area (Å²) in [5.41, 5.74) is 7.90. The number of carbonyl (C=O) groups is 1. The number of aliphatic hydroxyl groups is 1. The van der Waals surface area contributed by atoms with Crippen molar-refractivity contribution in [3.8, 4) is 0 Å². The zero-order valence-corrected chi connectivity index (χ0v) is 10.9. The van der Waals surface area contributed by atoms with E-state index in [4.69, 9.17) is 10.5 Å². The summed E-state index contributed by atoms with van der Waals surface area (Å²) in [6.45, 7) is 1.77. The summed E-state index contributed by atoms with van der Waals surface area (Å²) >= 11 is 0. The van der Waals surface area contributed by atoms with Crippen LogP contribution in [-0.4, -0.2) is 50.5 Å². The van der Waals surface area contributed by atoms with Crippen molar-refractivity contribution in [2.75, 3.05) is 44.0 Å². The van der Waals surface area contributed by atoms with Gasteiger partial charge in [-0.25, -0.2) is 0 Å². The van der Waals surface area contributed by atoms with Gasteiger partial charge < -0.3 is 25.8 Å². The van der Waals surface area contributed by atoms with Gasteiger partial charge in [-0.2, -0.15) is 0 Å². The minimum absolute atomic E-state index is 0.0106. The van der Waals surface area contributed by atoms with Crippen molar-refractivity contribution in [2.24, 2.45) is 0 Å². The molecule has 0 spiro atoms. The molecule has 19 heavy (non-hydrogen) atoms. The average Bonchev–Trinajstić information content (AvgIpc) is 2.46. The third-order valence-corrected chi connectivity index (χ3v) is 3.26. The lowest BCUT2D eigenvalue weighted by atomic mass is 10.1. The second kappa shape index (κ2) is 5.90. The Labute approximate surface area is 112 Å². The Morgan fingerprint density at radius 1 is 1.63 bits per heavy atom. The minimum Gasteiger partial charge on any atom is -0.397 e. The van der Waals surface area contributed by atoms with Gasteiger partial charge in [-0.3, -0.25) is 4.79 Å². The first-order valence-corrected chi connectivity index (χ1v) is 6.24. The van der Waals surface area contributed by atoms with E-state index in [1.54, 1.807) is 19.2 Å². The summed E-state index contributed by atoms with van der Waals surface area (Å²) in [6, 6.07) is 5.10. The van der Waals surface area contributed by atoms with E-state index in [0.717, 1.165) is 5.69 Å². The number of amides is 1. The van der Waals surface area contributed by atoms with Gasteiger partial charge in [-0.05, 0) is 18.2 Å². The molecule has 4 N–H and O–H groups in total. The highest BCUT2D eigenvalue weighted by Gasteiger charge is 2.24. The third-order valence-electron chi connectivity index (χ3n) is 3.26. The molecule has 0 aliphatic carbocycles. The van der Waals surface area contributed by atoms with Crippen LogP contribution in [0.2, 0.25) is 0 Å². The number of nitrogens with zero attached hydrogens (tertiary/aromatic N) is 1. The molecule has 1 unspecified atom stereocenters. The second-order valence-corrected chi connectivity index (χ2v) is 4.46. The molecule has 6 nitrogen and oxygen atoms in total. The lowest BCUT2D eigenvalue weighted by Gasteiger charge is -2.37. The number of rotatable bonds is 3. The molecule has 1 saturated heterocycles. The van der Waals surface area contributed by atoms with Gasteiger partial charge in [0.25, 0.3) is 5.91 Å². The highest BCUT2D eigenvalue weighted by atomic mass is 16.5. The highest BCUT2D eigenvalue weighted by molar-refractivity contribution is 5.96. The standard InChI is InChI=1S/C13H19N3O3/c1-15-13(18)9-2-3-12(11(14)6-9)16-4-5-19-8-10(16)7-17/h2-3,6,10,17H,4-5,7-8,14H2,1H3,(H,15,18). The predicted octanol–water partition coefficient (Wildman–Crippen LogP) is -0.174. The Morgan fingerprint density at radius 2 is 2.42 bits per heavy atom. The zero-order valence-electron chi connectivity index (χ0n) is 10.9. The Bertz CT molecular complexity index is 464. The Balaban J connectivity index is 2.27. The quantitative estimate of drug-likeness (QED) is 0.660. The highest BCUT2D eigenvalue weighted by Crippen LogP contribution is 2.27. The second-order valence-electron chi connectivity index (χ2n) is 4.46. The number of nitrogens with two attached hydrogens (primary N) is 1. The third kappa shape index (κ3) is 2.80. The van der Waals surface area contributed by atoms with E-state index in [0.29, 0.717) is 31.0 Å². The maximum absolute atomic E-state index is 11.5. The molecular weight excluding hydrogens is 246 g/mol. The zero-order chi connectivity index (χ0) is 13.8. The lowest BCUT2D eigenvalue weighted by molar-refractivity contribution is 0.0728. The summed E-state index contributed by atoms with van der Waals surface area (Å²) in [5, 5.41) is 11.9. The van der Waals surface area contributed by atoms with E-state index in [-0.39, 0.29) is 18.6 Å². The van der Waals surface area contributed by atoms with Crippen LogP contribution < -0.4 is 16.0 Å². The number of carbonyl (C=O) groups excluding carboxylic acids is 1. The maximum atomic E-state index is 11.5. The number of anilines is 2. The van der Waals surface area contributed by atoms with E-state index in [1.165, 1.54) is 0 Å². The monoisotopic (exact) mass is 265 g/mol. The van der Waals surface area contributed by atoms with Crippen LogP contribution in [0.4, 0.5) is 11.4 Å². The van der Waals surface area contributed by atoms with Crippen LogP contribution in [-0.2, 0) is 4.74 Å². The molecule has 1 amide bonds. The van der Waals surface area contributed by atoms with Crippen molar-refractivity contribution in [1.82, 2.24) is 5.32 Å². The SMILES string of the molecule is CNC(=O)c1ccc(N2CCOCC2CO)c(N)c1. The van der Waals surface area contributed by atoms with E-state index in [2.05, 4.69) is 5.32 Å². The molecule has 0 aromatic heterocycles. The van der Waals surface area contributed by atoms with Crippen LogP contribution in [0.5, 0.6) is 0 Å². The van der Waals surface area contributed by atoms with Gasteiger partial charge in [0.05, 0.1) is 37.2 Å². The summed E-state index contributed by atoms with van der Waals surface area (Å²) in [6.07, 6.45) is 0. The number of hydrogen-bond donors (Lipinski definition) is 3. The normalized spacial score (nSPS) is 19.3. The van der Waals surface area contributed by atoms with E-state index >= 15 is 0 Å². The molecule has 0 radical (unpaired) electrons. The topological polar surface area (TPSA) is 87.8 Å². The molecule has 0 saturated carbocycles. The Kier molecular flexibility index (Phi) is 4.24. The van der Waals surface area contributed by atoms with Gasteiger partial charge in [-0.15, -0.1) is 0 Å². The van der Waals surface area contributed by atoms with Crippen molar-refractivity contribution in [3.63, 3.8) is 0 Å². The smallest absolute Gasteiger partial charge is 0.251 e. The fourth-order valence-electron chi connectivity index (χ4n) is 2.22.